The maximum absolute atomic E-state index is 5.92. The smallest absolute Gasteiger partial charge is 0.0749 e. The largest absolute Gasteiger partial charge is 0.374 e. The van der Waals surface area contributed by atoms with E-state index >= 15 is 0 Å². The van der Waals surface area contributed by atoms with Gasteiger partial charge in [0.25, 0.3) is 0 Å². The predicted octanol–water partition coefficient (Wildman–Crippen LogP) is 1.94. The van der Waals surface area contributed by atoms with E-state index in [2.05, 4.69) is 29.3 Å². The van der Waals surface area contributed by atoms with Gasteiger partial charge in [0.2, 0.25) is 0 Å². The Kier molecular flexibility index (Phi) is 4.38. The van der Waals surface area contributed by atoms with E-state index in [0.29, 0.717) is 12.1 Å². The van der Waals surface area contributed by atoms with Crippen molar-refractivity contribution in [2.24, 2.45) is 5.84 Å². The molecule has 3 rings (SSSR count). The van der Waals surface area contributed by atoms with Gasteiger partial charge in [0.15, 0.2) is 0 Å². The summed E-state index contributed by atoms with van der Waals surface area (Å²) in [4.78, 5) is 0. The lowest BCUT2D eigenvalue weighted by atomic mass is 10.0. The fourth-order valence-electron chi connectivity index (χ4n) is 3.51. The van der Waals surface area contributed by atoms with E-state index in [9.17, 15) is 0 Å². The Balaban J connectivity index is 1.61. The molecule has 0 radical (unpaired) electrons. The fourth-order valence-corrected chi connectivity index (χ4v) is 3.51. The van der Waals surface area contributed by atoms with Crippen LogP contribution in [0.5, 0.6) is 0 Å². The maximum Gasteiger partial charge on any atom is 0.0749 e. The predicted molar refractivity (Wildman–Crippen MR) is 78.1 cm³/mol. The average molecular weight is 278 g/mol. The zero-order chi connectivity index (χ0) is 13.9. The number of ether oxygens (including phenoxy) is 1. The van der Waals surface area contributed by atoms with E-state index in [-0.39, 0.29) is 12.1 Å². The highest BCUT2D eigenvalue weighted by Gasteiger charge is 2.29. The molecule has 3 unspecified atom stereocenters. The molecule has 2 fully saturated rings. The molecule has 0 aromatic carbocycles. The molecule has 3 atom stereocenters. The summed E-state index contributed by atoms with van der Waals surface area (Å²) in [5.74, 6) is 5.71. The average Bonchev–Trinajstić information content (AvgIpc) is 3.16. The van der Waals surface area contributed by atoms with E-state index < -0.39 is 0 Å². The minimum absolute atomic E-state index is 0.159. The van der Waals surface area contributed by atoms with E-state index in [1.807, 2.05) is 0 Å². The number of nitrogens with two attached hydrogens (primary N) is 1. The molecule has 5 nitrogen and oxygen atoms in total. The van der Waals surface area contributed by atoms with Crippen LogP contribution >= 0.6 is 0 Å². The third-order valence-corrected chi connectivity index (χ3v) is 4.72. The zero-order valence-corrected chi connectivity index (χ0v) is 12.3. The molecule has 20 heavy (non-hydrogen) atoms. The molecular formula is C15H26N4O. The Hall–Kier alpha value is -0.910. The molecular weight excluding hydrogens is 252 g/mol. The summed E-state index contributed by atoms with van der Waals surface area (Å²) in [6.45, 7) is 2.13. The summed E-state index contributed by atoms with van der Waals surface area (Å²) < 4.78 is 8.06. The molecule has 0 bridgehead atoms. The van der Waals surface area contributed by atoms with Crippen molar-refractivity contribution in [3.63, 3.8) is 0 Å². The van der Waals surface area contributed by atoms with E-state index in [1.54, 1.807) is 0 Å². The number of aromatic nitrogens is 2. The first kappa shape index (κ1) is 14.0. The van der Waals surface area contributed by atoms with E-state index in [0.717, 1.165) is 25.0 Å². The van der Waals surface area contributed by atoms with Crippen LogP contribution in [0.3, 0.4) is 0 Å². The second kappa shape index (κ2) is 6.24. The maximum atomic E-state index is 5.92. The third kappa shape index (κ3) is 3.05. The lowest BCUT2D eigenvalue weighted by Gasteiger charge is -2.22. The first-order valence-electron chi connectivity index (χ1n) is 7.92. The number of rotatable bonds is 5. The molecule has 1 aliphatic heterocycles. The Morgan fingerprint density at radius 3 is 2.85 bits per heavy atom. The van der Waals surface area contributed by atoms with Crippen LogP contribution in [0.2, 0.25) is 0 Å². The van der Waals surface area contributed by atoms with E-state index in [1.165, 1.54) is 25.7 Å². The van der Waals surface area contributed by atoms with Crippen molar-refractivity contribution in [3.8, 4) is 0 Å². The van der Waals surface area contributed by atoms with Gasteiger partial charge >= 0.3 is 0 Å². The zero-order valence-electron chi connectivity index (χ0n) is 12.3. The normalized spacial score (nSPS) is 29.1. The summed E-state index contributed by atoms with van der Waals surface area (Å²) >= 11 is 0. The molecule has 1 aliphatic carbocycles. The summed E-state index contributed by atoms with van der Waals surface area (Å²) in [5, 5.41) is 4.74. The van der Waals surface area contributed by atoms with Crippen LogP contribution in [0.1, 0.15) is 57.2 Å². The summed E-state index contributed by atoms with van der Waals surface area (Å²) in [5.41, 5.74) is 4.03. The highest BCUT2D eigenvalue weighted by Crippen LogP contribution is 2.29. The van der Waals surface area contributed by atoms with Crippen LogP contribution in [0.4, 0.5) is 0 Å². The minimum Gasteiger partial charge on any atom is -0.374 e. The highest BCUT2D eigenvalue weighted by molar-refractivity contribution is 5.04. The molecule has 2 aliphatic rings. The van der Waals surface area contributed by atoms with Crippen molar-refractivity contribution in [1.82, 2.24) is 15.2 Å². The topological polar surface area (TPSA) is 65.1 Å². The summed E-state index contributed by atoms with van der Waals surface area (Å²) in [7, 11) is 0. The van der Waals surface area contributed by atoms with Gasteiger partial charge in [-0.05, 0) is 38.7 Å². The van der Waals surface area contributed by atoms with Crippen molar-refractivity contribution in [2.75, 3.05) is 0 Å². The van der Waals surface area contributed by atoms with Gasteiger partial charge in [-0.2, -0.15) is 5.10 Å². The van der Waals surface area contributed by atoms with Crippen molar-refractivity contribution in [1.29, 1.82) is 0 Å². The standard InChI is InChI=1S/C15H26N4O/c1-11-6-7-15(20-11)14(17-16)10-12-8-9-19(18-12)13-4-2-3-5-13/h8-9,11,13-15,17H,2-7,10,16H2,1H3. The molecule has 1 aromatic rings. The second-order valence-electron chi connectivity index (χ2n) is 6.27. The van der Waals surface area contributed by atoms with Gasteiger partial charge in [-0.25, -0.2) is 0 Å². The second-order valence-corrected chi connectivity index (χ2v) is 6.27. The van der Waals surface area contributed by atoms with Gasteiger partial charge < -0.3 is 4.74 Å². The summed E-state index contributed by atoms with van der Waals surface area (Å²) in [6, 6.07) is 2.89. The Morgan fingerprint density at radius 1 is 1.40 bits per heavy atom. The van der Waals surface area contributed by atoms with Crippen LogP contribution < -0.4 is 11.3 Å². The van der Waals surface area contributed by atoms with Crippen LogP contribution in [-0.4, -0.2) is 28.0 Å². The molecule has 2 heterocycles. The van der Waals surface area contributed by atoms with E-state index in [4.69, 9.17) is 15.7 Å². The minimum atomic E-state index is 0.159. The number of hydrogen-bond acceptors (Lipinski definition) is 4. The van der Waals surface area contributed by atoms with Crippen LogP contribution in [0, 0.1) is 0 Å². The summed E-state index contributed by atoms with van der Waals surface area (Å²) in [6.07, 6.45) is 10.9. The molecule has 5 heteroatoms. The van der Waals surface area contributed by atoms with Gasteiger partial charge in [-0.3, -0.25) is 16.0 Å². The molecule has 0 amide bonds. The lowest BCUT2D eigenvalue weighted by molar-refractivity contribution is 0.0318. The van der Waals surface area contributed by atoms with Crippen LogP contribution in [0.25, 0.3) is 0 Å². The number of hydrogen-bond donors (Lipinski definition) is 2. The van der Waals surface area contributed by atoms with Crippen molar-refractivity contribution in [2.45, 2.75) is 76.2 Å². The fraction of sp³-hybridized carbons (Fsp3) is 0.800. The molecule has 1 saturated heterocycles. The number of nitrogens with zero attached hydrogens (tertiary/aromatic N) is 2. The lowest BCUT2D eigenvalue weighted by Crippen LogP contribution is -2.45. The number of hydrazine groups is 1. The Morgan fingerprint density at radius 2 is 2.20 bits per heavy atom. The van der Waals surface area contributed by atoms with Crippen molar-refractivity contribution in [3.05, 3.63) is 18.0 Å². The van der Waals surface area contributed by atoms with Gasteiger partial charge in [-0.15, -0.1) is 0 Å². The van der Waals surface area contributed by atoms with Gasteiger partial charge in [0, 0.05) is 12.6 Å². The molecule has 1 aromatic heterocycles. The molecule has 3 N–H and O–H groups in total. The van der Waals surface area contributed by atoms with Crippen molar-refractivity contribution >= 4 is 0 Å². The van der Waals surface area contributed by atoms with Crippen molar-refractivity contribution < 1.29 is 4.74 Å². The molecule has 112 valence electrons. The van der Waals surface area contributed by atoms with Crippen LogP contribution in [0.15, 0.2) is 12.3 Å². The van der Waals surface area contributed by atoms with Gasteiger partial charge in [-0.1, -0.05) is 12.8 Å². The quantitative estimate of drug-likeness (QED) is 0.638. The Labute approximate surface area is 120 Å². The van der Waals surface area contributed by atoms with Gasteiger partial charge in [0.05, 0.1) is 30.0 Å². The molecule has 0 spiro atoms. The van der Waals surface area contributed by atoms with Gasteiger partial charge in [0.1, 0.15) is 0 Å². The first-order chi connectivity index (χ1) is 9.76. The third-order valence-electron chi connectivity index (χ3n) is 4.72. The highest BCUT2D eigenvalue weighted by atomic mass is 16.5. The molecule has 1 saturated carbocycles. The number of nitrogens with one attached hydrogen (secondary N) is 1. The van der Waals surface area contributed by atoms with Crippen LogP contribution in [-0.2, 0) is 11.2 Å². The Bertz CT molecular complexity index is 427. The SMILES string of the molecule is CC1CCC(C(Cc2ccn(C3CCCC3)n2)NN)O1. The first-order valence-corrected chi connectivity index (χ1v) is 7.92. The monoisotopic (exact) mass is 278 g/mol.